The van der Waals surface area contributed by atoms with Crippen LogP contribution in [0.2, 0.25) is 0 Å². The first-order chi connectivity index (χ1) is 6.73. The molecule has 1 rings (SSSR count). The van der Waals surface area contributed by atoms with Crippen LogP contribution >= 0.6 is 30.9 Å². The minimum atomic E-state index is -2.84. The Bertz CT molecular complexity index is 217. The molecule has 15 heavy (non-hydrogen) atoms. The molecule has 1 heterocycles. The van der Waals surface area contributed by atoms with Crippen molar-refractivity contribution in [1.82, 2.24) is 9.76 Å². The van der Waals surface area contributed by atoms with Crippen molar-refractivity contribution in [2.75, 3.05) is 38.0 Å². The highest BCUT2D eigenvalue weighted by atomic mass is 35.5. The van der Waals surface area contributed by atoms with Crippen molar-refractivity contribution < 1.29 is 9.09 Å². The maximum absolute atomic E-state index is 12.2. The van der Waals surface area contributed by atoms with Crippen molar-refractivity contribution >= 4 is 30.9 Å². The Morgan fingerprint density at radius 3 is 2.73 bits per heavy atom. The molecule has 1 fully saturated rings. The fourth-order valence-electron chi connectivity index (χ4n) is 1.32. The van der Waals surface area contributed by atoms with Crippen LogP contribution in [0.1, 0.15) is 13.8 Å². The molecule has 4 nitrogen and oxygen atoms in total. The van der Waals surface area contributed by atoms with Crippen molar-refractivity contribution in [3.63, 3.8) is 0 Å². The van der Waals surface area contributed by atoms with Crippen LogP contribution in [-0.4, -0.2) is 42.7 Å². The molecule has 0 aromatic heterocycles. The predicted octanol–water partition coefficient (Wildman–Crippen LogP) is 2.52. The average molecular weight is 277 g/mol. The fourth-order valence-corrected chi connectivity index (χ4v) is 3.86. The Balaban J connectivity index is 0.00000196. The normalized spacial score (nSPS) is 27.3. The van der Waals surface area contributed by atoms with E-state index in [1.165, 1.54) is 0 Å². The lowest BCUT2D eigenvalue weighted by molar-refractivity contribution is 0.203. The fraction of sp³-hybridized carbons (Fsp3) is 1.00. The van der Waals surface area contributed by atoms with Crippen molar-refractivity contribution in [1.29, 1.82) is 0 Å². The molecule has 1 aliphatic heterocycles. The van der Waals surface area contributed by atoms with Crippen LogP contribution in [0.25, 0.3) is 0 Å². The Labute approximate surface area is 102 Å². The summed E-state index contributed by atoms with van der Waals surface area (Å²) >= 11 is 11.1. The molecule has 1 atom stereocenters. The highest BCUT2D eigenvalue weighted by Gasteiger charge is 2.33. The molecule has 0 aliphatic carbocycles. The Hall–Kier alpha value is 0.690. The van der Waals surface area contributed by atoms with Crippen molar-refractivity contribution in [3.8, 4) is 0 Å². The molecule has 92 valence electrons. The SMILES string of the molecule is C.O=P1(NCCCl)OCCCN1CCCl. The van der Waals surface area contributed by atoms with Gasteiger partial charge in [0.05, 0.1) is 6.61 Å². The molecule has 1 aliphatic rings. The Morgan fingerprint density at radius 1 is 1.40 bits per heavy atom. The van der Waals surface area contributed by atoms with Gasteiger partial charge in [-0.25, -0.2) is 9.76 Å². The van der Waals surface area contributed by atoms with E-state index in [2.05, 4.69) is 5.09 Å². The smallest absolute Gasteiger partial charge is 0.306 e. The summed E-state index contributed by atoms with van der Waals surface area (Å²) in [5, 5.41) is 2.85. The number of nitrogens with zero attached hydrogens (tertiary/aromatic N) is 1. The third-order valence-corrected chi connectivity index (χ3v) is 4.61. The minimum Gasteiger partial charge on any atom is -0.306 e. The molecular formula is C8H19Cl2N2O2P. The Morgan fingerprint density at radius 2 is 2.13 bits per heavy atom. The number of alkyl halides is 2. The van der Waals surface area contributed by atoms with E-state index in [-0.39, 0.29) is 7.43 Å². The second kappa shape index (κ2) is 7.88. The van der Waals surface area contributed by atoms with Gasteiger partial charge in [-0.2, -0.15) is 0 Å². The van der Waals surface area contributed by atoms with Crippen LogP contribution in [0.15, 0.2) is 0 Å². The summed E-state index contributed by atoms with van der Waals surface area (Å²) in [6.45, 7) is 2.36. The maximum Gasteiger partial charge on any atom is 0.343 e. The molecule has 7 heteroatoms. The van der Waals surface area contributed by atoms with Gasteiger partial charge < -0.3 is 4.52 Å². The Kier molecular flexibility index (Phi) is 8.24. The number of hydrogen-bond acceptors (Lipinski definition) is 2. The van der Waals surface area contributed by atoms with E-state index in [1.54, 1.807) is 4.67 Å². The molecule has 0 radical (unpaired) electrons. The summed E-state index contributed by atoms with van der Waals surface area (Å²) in [4.78, 5) is 0. The van der Waals surface area contributed by atoms with Gasteiger partial charge in [0.15, 0.2) is 0 Å². The zero-order valence-corrected chi connectivity index (χ0v) is 10.3. The first kappa shape index (κ1) is 15.7. The van der Waals surface area contributed by atoms with Crippen molar-refractivity contribution in [2.24, 2.45) is 0 Å². The maximum atomic E-state index is 12.2. The van der Waals surface area contributed by atoms with E-state index in [1.807, 2.05) is 0 Å². The third-order valence-electron chi connectivity index (χ3n) is 1.95. The van der Waals surface area contributed by atoms with Crippen LogP contribution in [0, 0.1) is 0 Å². The minimum absolute atomic E-state index is 0. The van der Waals surface area contributed by atoms with Gasteiger partial charge in [-0.1, -0.05) is 7.43 Å². The van der Waals surface area contributed by atoms with Gasteiger partial charge in [0.1, 0.15) is 0 Å². The van der Waals surface area contributed by atoms with E-state index in [9.17, 15) is 4.57 Å². The summed E-state index contributed by atoms with van der Waals surface area (Å²) in [5.41, 5.74) is 0. The van der Waals surface area contributed by atoms with Gasteiger partial charge in [0, 0.05) is 31.4 Å². The van der Waals surface area contributed by atoms with Gasteiger partial charge >= 0.3 is 7.67 Å². The van der Waals surface area contributed by atoms with Crippen LogP contribution in [-0.2, 0) is 9.09 Å². The molecule has 0 saturated carbocycles. The lowest BCUT2D eigenvalue weighted by Crippen LogP contribution is -2.36. The van der Waals surface area contributed by atoms with Crippen LogP contribution in [0.3, 0.4) is 0 Å². The third kappa shape index (κ3) is 4.59. The molecule has 1 unspecified atom stereocenters. The number of rotatable bonds is 5. The molecule has 0 amide bonds. The van der Waals surface area contributed by atoms with E-state index in [4.69, 9.17) is 27.7 Å². The molecule has 0 aromatic rings. The lowest BCUT2D eigenvalue weighted by Gasteiger charge is -2.34. The van der Waals surface area contributed by atoms with Crippen LogP contribution in [0.4, 0.5) is 0 Å². The molecule has 1 saturated heterocycles. The second-order valence-corrected chi connectivity index (χ2v) is 5.88. The van der Waals surface area contributed by atoms with Crippen LogP contribution in [0.5, 0.6) is 0 Å². The first-order valence-corrected chi connectivity index (χ1v) is 7.24. The van der Waals surface area contributed by atoms with Gasteiger partial charge in [-0.05, 0) is 6.42 Å². The molecule has 1 N–H and O–H groups in total. The largest absolute Gasteiger partial charge is 0.343 e. The molecule has 0 spiro atoms. The van der Waals surface area contributed by atoms with Crippen molar-refractivity contribution in [2.45, 2.75) is 13.8 Å². The molecule has 0 bridgehead atoms. The van der Waals surface area contributed by atoms with E-state index >= 15 is 0 Å². The zero-order valence-electron chi connectivity index (χ0n) is 7.92. The van der Waals surface area contributed by atoms with Gasteiger partial charge in [-0.15, -0.1) is 23.2 Å². The quantitative estimate of drug-likeness (QED) is 0.619. The summed E-state index contributed by atoms with van der Waals surface area (Å²) in [7, 11) is -2.84. The highest BCUT2D eigenvalue weighted by molar-refractivity contribution is 7.54. The lowest BCUT2D eigenvalue weighted by atomic mass is 10.4. The first-order valence-electron chi connectivity index (χ1n) is 4.60. The van der Waals surface area contributed by atoms with Gasteiger partial charge in [-0.3, -0.25) is 4.57 Å². The van der Waals surface area contributed by atoms with Gasteiger partial charge in [0.2, 0.25) is 0 Å². The topological polar surface area (TPSA) is 41.6 Å². The monoisotopic (exact) mass is 276 g/mol. The molecular weight excluding hydrogens is 258 g/mol. The number of hydrogen-bond donors (Lipinski definition) is 1. The summed E-state index contributed by atoms with van der Waals surface area (Å²) < 4.78 is 19.2. The standard InChI is InChI=1S/C7H15Cl2N2O2P.CH4/c8-2-4-10-14(12)11(6-3-9)5-1-7-13-14;/h1-7H2,(H,10,12);1H4. The summed E-state index contributed by atoms with van der Waals surface area (Å²) in [5.74, 6) is 0.873. The van der Waals surface area contributed by atoms with E-state index < -0.39 is 7.67 Å². The summed E-state index contributed by atoms with van der Waals surface area (Å²) in [6, 6.07) is 0. The number of halogens is 2. The van der Waals surface area contributed by atoms with E-state index in [0.29, 0.717) is 31.5 Å². The zero-order chi connectivity index (χ0) is 10.4. The summed E-state index contributed by atoms with van der Waals surface area (Å²) in [6.07, 6.45) is 0.892. The van der Waals surface area contributed by atoms with Gasteiger partial charge in [0.25, 0.3) is 0 Å². The van der Waals surface area contributed by atoms with Crippen LogP contribution < -0.4 is 5.09 Å². The highest BCUT2D eigenvalue weighted by Crippen LogP contribution is 2.48. The van der Waals surface area contributed by atoms with Crippen molar-refractivity contribution in [3.05, 3.63) is 0 Å². The van der Waals surface area contributed by atoms with E-state index in [0.717, 1.165) is 13.0 Å². The average Bonchev–Trinajstić information content (AvgIpc) is 2.19. The number of nitrogens with one attached hydrogen (secondary N) is 1. The second-order valence-electron chi connectivity index (χ2n) is 2.95. The molecule has 0 aromatic carbocycles. The predicted molar refractivity (Wildman–Crippen MR) is 65.9 cm³/mol.